The van der Waals surface area contributed by atoms with E-state index in [0.717, 1.165) is 0 Å². The van der Waals surface area contributed by atoms with Crippen LogP contribution in [-0.2, 0) is 0 Å². The van der Waals surface area contributed by atoms with Gasteiger partial charge in [0.25, 0.3) is 5.91 Å². The Morgan fingerprint density at radius 2 is 1.90 bits per heavy atom. The molecule has 0 aliphatic carbocycles. The first-order valence-electron chi connectivity index (χ1n) is 5.67. The molecule has 0 heterocycles. The van der Waals surface area contributed by atoms with Crippen molar-refractivity contribution in [2.45, 2.75) is 0 Å². The van der Waals surface area contributed by atoms with Gasteiger partial charge < -0.3 is 16.2 Å². The van der Waals surface area contributed by atoms with E-state index in [1.54, 1.807) is 24.3 Å². The minimum atomic E-state index is -1.12. The lowest BCUT2D eigenvalue weighted by molar-refractivity contribution is 0.0697. The van der Waals surface area contributed by atoms with Crippen LogP contribution in [0.1, 0.15) is 20.7 Å². The normalized spacial score (nSPS) is 10.1. The summed E-state index contributed by atoms with van der Waals surface area (Å²) in [6.45, 7) is 0. The number of halogens is 1. The molecule has 0 spiro atoms. The number of rotatable bonds is 3. The highest BCUT2D eigenvalue weighted by atomic mass is 35.5. The molecule has 0 bridgehead atoms. The third-order valence-corrected chi connectivity index (χ3v) is 2.92. The van der Waals surface area contributed by atoms with Gasteiger partial charge in [-0.05, 0) is 36.4 Å². The Labute approximate surface area is 120 Å². The van der Waals surface area contributed by atoms with Crippen LogP contribution >= 0.6 is 11.6 Å². The molecule has 6 heteroatoms. The van der Waals surface area contributed by atoms with Crippen molar-refractivity contribution in [2.75, 3.05) is 11.1 Å². The van der Waals surface area contributed by atoms with E-state index in [-0.39, 0.29) is 16.5 Å². The monoisotopic (exact) mass is 290 g/mol. The fourth-order valence-electron chi connectivity index (χ4n) is 1.65. The van der Waals surface area contributed by atoms with Crippen LogP contribution in [0.5, 0.6) is 0 Å². The number of nitrogens with two attached hydrogens (primary N) is 1. The molecule has 0 aliphatic rings. The number of anilines is 2. The molecule has 1 amide bonds. The number of carboxylic acid groups (broad SMARTS) is 1. The lowest BCUT2D eigenvalue weighted by atomic mass is 10.1. The van der Waals surface area contributed by atoms with Crippen molar-refractivity contribution in [3.05, 3.63) is 58.6 Å². The average Bonchev–Trinajstić information content (AvgIpc) is 2.38. The first kappa shape index (κ1) is 13.9. The molecule has 0 atom stereocenters. The highest BCUT2D eigenvalue weighted by Gasteiger charge is 2.11. The lowest BCUT2D eigenvalue weighted by Crippen LogP contribution is -2.12. The van der Waals surface area contributed by atoms with Gasteiger partial charge in [0, 0.05) is 16.9 Å². The van der Waals surface area contributed by atoms with E-state index in [2.05, 4.69) is 5.32 Å². The van der Waals surface area contributed by atoms with Crippen LogP contribution in [0.3, 0.4) is 0 Å². The first-order chi connectivity index (χ1) is 9.47. The second-order valence-electron chi connectivity index (χ2n) is 4.08. The Hall–Kier alpha value is -2.53. The number of carboxylic acids is 1. The summed E-state index contributed by atoms with van der Waals surface area (Å²) >= 11 is 5.83. The summed E-state index contributed by atoms with van der Waals surface area (Å²) in [6.07, 6.45) is 0. The Morgan fingerprint density at radius 1 is 1.15 bits per heavy atom. The molecule has 0 saturated carbocycles. The van der Waals surface area contributed by atoms with Crippen LogP contribution in [0.2, 0.25) is 5.02 Å². The summed E-state index contributed by atoms with van der Waals surface area (Å²) in [5.74, 6) is -1.47. The second kappa shape index (κ2) is 5.63. The molecule has 5 nitrogen and oxygen atoms in total. The minimum Gasteiger partial charge on any atom is -0.478 e. The Morgan fingerprint density at radius 3 is 2.50 bits per heavy atom. The smallest absolute Gasteiger partial charge is 0.337 e. The molecular weight excluding hydrogens is 280 g/mol. The summed E-state index contributed by atoms with van der Waals surface area (Å²) in [5.41, 5.74) is 6.88. The molecule has 0 saturated heterocycles. The molecule has 0 radical (unpaired) electrons. The van der Waals surface area contributed by atoms with Gasteiger partial charge >= 0.3 is 5.97 Å². The maximum atomic E-state index is 12.0. The van der Waals surface area contributed by atoms with E-state index in [4.69, 9.17) is 22.4 Å². The molecule has 0 aliphatic heterocycles. The Balaban J connectivity index is 2.20. The van der Waals surface area contributed by atoms with Gasteiger partial charge in [0.2, 0.25) is 0 Å². The zero-order chi connectivity index (χ0) is 14.7. The number of amides is 1. The maximum Gasteiger partial charge on any atom is 0.337 e. The fourth-order valence-corrected chi connectivity index (χ4v) is 1.91. The standard InChI is InChI=1S/C14H11ClN2O3/c15-12-7-10(4-5-11(12)14(19)20)17-13(18)8-2-1-3-9(16)6-8/h1-7H,16H2,(H,17,18)(H,19,20). The van der Waals surface area contributed by atoms with Crippen molar-refractivity contribution in [3.63, 3.8) is 0 Å². The highest BCUT2D eigenvalue weighted by molar-refractivity contribution is 6.33. The third-order valence-electron chi connectivity index (χ3n) is 2.61. The van der Waals surface area contributed by atoms with Gasteiger partial charge in [-0.15, -0.1) is 0 Å². The van der Waals surface area contributed by atoms with Crippen molar-refractivity contribution in [3.8, 4) is 0 Å². The van der Waals surface area contributed by atoms with E-state index >= 15 is 0 Å². The molecule has 0 fully saturated rings. The molecule has 2 rings (SSSR count). The van der Waals surface area contributed by atoms with E-state index in [9.17, 15) is 9.59 Å². The largest absolute Gasteiger partial charge is 0.478 e. The number of carbonyl (C=O) groups is 2. The molecule has 4 N–H and O–H groups in total. The number of hydrogen-bond donors (Lipinski definition) is 3. The Bertz CT molecular complexity index is 686. The van der Waals surface area contributed by atoms with Gasteiger partial charge in [-0.25, -0.2) is 4.79 Å². The van der Waals surface area contributed by atoms with E-state index in [1.807, 2.05) is 0 Å². The number of nitrogen functional groups attached to an aromatic ring is 1. The van der Waals surface area contributed by atoms with E-state index in [1.165, 1.54) is 18.2 Å². The molecule has 0 aromatic heterocycles. The fraction of sp³-hybridized carbons (Fsp3) is 0. The van der Waals surface area contributed by atoms with Crippen molar-refractivity contribution >= 4 is 34.9 Å². The summed E-state index contributed by atoms with van der Waals surface area (Å²) in [7, 11) is 0. The van der Waals surface area contributed by atoms with Crippen LogP contribution in [0.15, 0.2) is 42.5 Å². The van der Waals surface area contributed by atoms with Crippen molar-refractivity contribution in [2.24, 2.45) is 0 Å². The summed E-state index contributed by atoms with van der Waals surface area (Å²) < 4.78 is 0. The van der Waals surface area contributed by atoms with Crippen LogP contribution in [0.25, 0.3) is 0 Å². The average molecular weight is 291 g/mol. The predicted molar refractivity (Wildman–Crippen MR) is 77.2 cm³/mol. The summed E-state index contributed by atoms with van der Waals surface area (Å²) in [5, 5.41) is 11.5. The van der Waals surface area contributed by atoms with E-state index in [0.29, 0.717) is 16.9 Å². The van der Waals surface area contributed by atoms with Crippen LogP contribution in [0.4, 0.5) is 11.4 Å². The molecule has 20 heavy (non-hydrogen) atoms. The molecule has 102 valence electrons. The lowest BCUT2D eigenvalue weighted by Gasteiger charge is -2.07. The van der Waals surface area contributed by atoms with Gasteiger partial charge in [0.05, 0.1) is 10.6 Å². The highest BCUT2D eigenvalue weighted by Crippen LogP contribution is 2.21. The molecule has 2 aromatic carbocycles. The first-order valence-corrected chi connectivity index (χ1v) is 6.05. The SMILES string of the molecule is Nc1cccc(C(=O)Nc2ccc(C(=O)O)c(Cl)c2)c1. The number of carbonyl (C=O) groups excluding carboxylic acids is 1. The zero-order valence-corrected chi connectivity index (χ0v) is 11.0. The van der Waals surface area contributed by atoms with Gasteiger partial charge in [-0.1, -0.05) is 17.7 Å². The van der Waals surface area contributed by atoms with Crippen molar-refractivity contribution in [1.82, 2.24) is 0 Å². The van der Waals surface area contributed by atoms with Crippen molar-refractivity contribution < 1.29 is 14.7 Å². The van der Waals surface area contributed by atoms with Gasteiger partial charge in [-0.2, -0.15) is 0 Å². The summed E-state index contributed by atoms with van der Waals surface area (Å²) in [6, 6.07) is 10.7. The van der Waals surface area contributed by atoms with Gasteiger partial charge in [0.15, 0.2) is 0 Å². The quantitative estimate of drug-likeness (QED) is 0.758. The molecule has 2 aromatic rings. The molecule has 0 unspecified atom stereocenters. The number of benzene rings is 2. The second-order valence-corrected chi connectivity index (χ2v) is 4.49. The maximum absolute atomic E-state index is 12.0. The molecular formula is C14H11ClN2O3. The Kier molecular flexibility index (Phi) is 3.91. The number of hydrogen-bond acceptors (Lipinski definition) is 3. The van der Waals surface area contributed by atoms with Crippen LogP contribution in [0, 0.1) is 0 Å². The van der Waals surface area contributed by atoms with Gasteiger partial charge in [0.1, 0.15) is 0 Å². The van der Waals surface area contributed by atoms with Crippen LogP contribution in [-0.4, -0.2) is 17.0 Å². The minimum absolute atomic E-state index is 0.0198. The number of aromatic carboxylic acids is 1. The van der Waals surface area contributed by atoms with E-state index < -0.39 is 5.97 Å². The number of nitrogens with one attached hydrogen (secondary N) is 1. The van der Waals surface area contributed by atoms with Gasteiger partial charge in [-0.3, -0.25) is 4.79 Å². The summed E-state index contributed by atoms with van der Waals surface area (Å²) in [4.78, 5) is 22.8. The predicted octanol–water partition coefficient (Wildman–Crippen LogP) is 2.87. The van der Waals surface area contributed by atoms with Crippen LogP contribution < -0.4 is 11.1 Å². The zero-order valence-electron chi connectivity index (χ0n) is 10.3. The van der Waals surface area contributed by atoms with Crippen molar-refractivity contribution in [1.29, 1.82) is 0 Å². The topological polar surface area (TPSA) is 92.4 Å². The third kappa shape index (κ3) is 3.07.